The Kier molecular flexibility index (Phi) is 6.37. The maximum atomic E-state index is 11.4. The van der Waals surface area contributed by atoms with Crippen LogP contribution in [0.4, 0.5) is 0 Å². The number of alkyl halides is 1. The van der Waals surface area contributed by atoms with Crippen LogP contribution in [-0.2, 0) is 29.1 Å². The van der Waals surface area contributed by atoms with Crippen molar-refractivity contribution < 1.29 is 28.9 Å². The van der Waals surface area contributed by atoms with E-state index in [2.05, 4.69) is 15.9 Å². The molecule has 1 aliphatic heterocycles. The van der Waals surface area contributed by atoms with Gasteiger partial charge < -0.3 is 19.3 Å². The molecule has 1 saturated heterocycles. The Morgan fingerprint density at radius 2 is 1.96 bits per heavy atom. The molecule has 7 heteroatoms. The number of hydrogen-bond donors (Lipinski definition) is 1. The SMILES string of the molecule is CC(=O)O[C@@H]1[C@@H](O)[C@H](OC(C)=O)CO[C@H]1c1ccc(C)c(CBr)c1. The quantitative estimate of drug-likeness (QED) is 0.615. The fourth-order valence-electron chi connectivity index (χ4n) is 2.72. The monoisotopic (exact) mass is 400 g/mol. The number of rotatable bonds is 4. The summed E-state index contributed by atoms with van der Waals surface area (Å²) in [6.07, 6.45) is -3.62. The van der Waals surface area contributed by atoms with E-state index in [9.17, 15) is 14.7 Å². The number of benzene rings is 1. The molecule has 1 N–H and O–H groups in total. The molecule has 0 spiro atoms. The van der Waals surface area contributed by atoms with Crippen molar-refractivity contribution in [2.45, 2.75) is 50.5 Å². The number of ether oxygens (including phenoxy) is 3. The molecule has 24 heavy (non-hydrogen) atoms. The second-order valence-electron chi connectivity index (χ2n) is 5.79. The van der Waals surface area contributed by atoms with Gasteiger partial charge in [-0.2, -0.15) is 0 Å². The summed E-state index contributed by atoms with van der Waals surface area (Å²) in [5, 5.41) is 11.2. The topological polar surface area (TPSA) is 82.1 Å². The normalized spacial score (nSPS) is 26.7. The summed E-state index contributed by atoms with van der Waals surface area (Å²) in [6.45, 7) is 4.54. The Labute approximate surface area is 149 Å². The number of aliphatic hydroxyl groups is 1. The molecule has 1 aromatic rings. The number of esters is 2. The van der Waals surface area contributed by atoms with E-state index in [1.54, 1.807) is 0 Å². The second-order valence-corrected chi connectivity index (χ2v) is 6.35. The first-order valence-corrected chi connectivity index (χ1v) is 8.75. The molecule has 0 bridgehead atoms. The van der Waals surface area contributed by atoms with E-state index >= 15 is 0 Å². The van der Waals surface area contributed by atoms with Crippen LogP contribution in [0.15, 0.2) is 18.2 Å². The summed E-state index contributed by atoms with van der Waals surface area (Å²) in [7, 11) is 0. The molecule has 0 amide bonds. The van der Waals surface area contributed by atoms with Gasteiger partial charge in [-0.3, -0.25) is 9.59 Å². The van der Waals surface area contributed by atoms with Crippen molar-refractivity contribution in [1.29, 1.82) is 0 Å². The minimum atomic E-state index is -1.16. The Morgan fingerprint density at radius 1 is 1.29 bits per heavy atom. The lowest BCUT2D eigenvalue weighted by atomic mass is 9.92. The van der Waals surface area contributed by atoms with Crippen molar-refractivity contribution >= 4 is 27.9 Å². The van der Waals surface area contributed by atoms with Crippen molar-refractivity contribution in [1.82, 2.24) is 0 Å². The molecule has 1 fully saturated rings. The van der Waals surface area contributed by atoms with Crippen molar-refractivity contribution in [2.75, 3.05) is 6.61 Å². The van der Waals surface area contributed by atoms with Gasteiger partial charge in [0.05, 0.1) is 6.61 Å². The highest BCUT2D eigenvalue weighted by atomic mass is 79.9. The summed E-state index contributed by atoms with van der Waals surface area (Å²) in [5.41, 5.74) is 2.99. The van der Waals surface area contributed by atoms with E-state index in [0.29, 0.717) is 5.33 Å². The Bertz CT molecular complexity index is 617. The van der Waals surface area contributed by atoms with Crippen LogP contribution < -0.4 is 0 Å². The van der Waals surface area contributed by atoms with E-state index in [1.807, 2.05) is 25.1 Å². The number of halogens is 1. The zero-order chi connectivity index (χ0) is 17.9. The van der Waals surface area contributed by atoms with E-state index in [4.69, 9.17) is 14.2 Å². The first-order valence-electron chi connectivity index (χ1n) is 7.63. The van der Waals surface area contributed by atoms with E-state index in [0.717, 1.165) is 16.7 Å². The molecule has 132 valence electrons. The average molecular weight is 401 g/mol. The highest BCUT2D eigenvalue weighted by Gasteiger charge is 2.44. The maximum Gasteiger partial charge on any atom is 0.303 e. The lowest BCUT2D eigenvalue weighted by Gasteiger charge is -2.39. The molecule has 4 atom stereocenters. The Morgan fingerprint density at radius 3 is 2.54 bits per heavy atom. The van der Waals surface area contributed by atoms with Gasteiger partial charge in [-0.05, 0) is 23.6 Å². The molecule has 6 nitrogen and oxygen atoms in total. The minimum absolute atomic E-state index is 0.0285. The van der Waals surface area contributed by atoms with Gasteiger partial charge in [0.2, 0.25) is 0 Å². The van der Waals surface area contributed by atoms with Gasteiger partial charge in [0, 0.05) is 19.2 Å². The van der Waals surface area contributed by atoms with Crippen LogP contribution in [0, 0.1) is 6.92 Å². The molecule has 1 heterocycles. The molecule has 0 aliphatic carbocycles. The highest BCUT2D eigenvalue weighted by molar-refractivity contribution is 9.08. The predicted octanol–water partition coefficient (Wildman–Crippen LogP) is 2.19. The summed E-state index contributed by atoms with van der Waals surface area (Å²) in [4.78, 5) is 22.6. The lowest BCUT2D eigenvalue weighted by Crippen LogP contribution is -2.52. The number of aliphatic hydroxyl groups excluding tert-OH is 1. The zero-order valence-corrected chi connectivity index (χ0v) is 15.4. The number of hydrogen-bond acceptors (Lipinski definition) is 6. The van der Waals surface area contributed by atoms with E-state index in [1.165, 1.54) is 13.8 Å². The minimum Gasteiger partial charge on any atom is -0.457 e. The Balaban J connectivity index is 2.30. The summed E-state index contributed by atoms with van der Waals surface area (Å²) >= 11 is 3.44. The van der Waals surface area contributed by atoms with Crippen molar-refractivity contribution in [3.05, 3.63) is 34.9 Å². The van der Waals surface area contributed by atoms with Gasteiger partial charge in [-0.1, -0.05) is 34.1 Å². The molecular formula is C17H21BrO6. The fraction of sp³-hybridized carbons (Fsp3) is 0.529. The molecule has 0 saturated carbocycles. The molecule has 1 aromatic carbocycles. The average Bonchev–Trinajstić information content (AvgIpc) is 2.51. The van der Waals surface area contributed by atoms with Gasteiger partial charge >= 0.3 is 11.9 Å². The summed E-state index contributed by atoms with van der Waals surface area (Å²) in [6, 6.07) is 5.77. The second kappa shape index (κ2) is 8.09. The summed E-state index contributed by atoms with van der Waals surface area (Å²) < 4.78 is 16.1. The third kappa shape index (κ3) is 4.34. The molecule has 2 rings (SSSR count). The largest absolute Gasteiger partial charge is 0.457 e. The van der Waals surface area contributed by atoms with Crippen LogP contribution in [-0.4, -0.2) is 42.0 Å². The molecule has 0 radical (unpaired) electrons. The zero-order valence-electron chi connectivity index (χ0n) is 13.8. The first-order chi connectivity index (χ1) is 11.3. The molecule has 0 unspecified atom stereocenters. The standard InChI is InChI=1S/C17H21BrO6/c1-9-4-5-12(6-13(9)7-18)16-17(24-11(3)20)15(21)14(8-22-16)23-10(2)19/h4-6,14-17,21H,7-8H2,1-3H3/t14-,15+,16+,17-/m1/s1. The maximum absolute atomic E-state index is 11.4. The van der Waals surface area contributed by atoms with Crippen LogP contribution >= 0.6 is 15.9 Å². The molecule has 0 aromatic heterocycles. The molecule has 1 aliphatic rings. The van der Waals surface area contributed by atoms with E-state index in [-0.39, 0.29) is 6.61 Å². The van der Waals surface area contributed by atoms with Gasteiger partial charge in [0.15, 0.2) is 12.2 Å². The number of aryl methyl sites for hydroxylation is 1. The van der Waals surface area contributed by atoms with Crippen LogP contribution in [0.3, 0.4) is 0 Å². The predicted molar refractivity (Wildman–Crippen MR) is 89.6 cm³/mol. The van der Waals surface area contributed by atoms with Gasteiger partial charge in [-0.25, -0.2) is 0 Å². The van der Waals surface area contributed by atoms with Crippen molar-refractivity contribution in [3.8, 4) is 0 Å². The van der Waals surface area contributed by atoms with Crippen LogP contribution in [0.25, 0.3) is 0 Å². The van der Waals surface area contributed by atoms with Crippen molar-refractivity contribution in [3.63, 3.8) is 0 Å². The third-order valence-electron chi connectivity index (χ3n) is 3.92. The third-order valence-corrected chi connectivity index (χ3v) is 4.53. The van der Waals surface area contributed by atoms with E-state index < -0.39 is 36.4 Å². The fourth-order valence-corrected chi connectivity index (χ4v) is 3.32. The van der Waals surface area contributed by atoms with Crippen LogP contribution in [0.2, 0.25) is 0 Å². The van der Waals surface area contributed by atoms with Gasteiger partial charge in [0.25, 0.3) is 0 Å². The smallest absolute Gasteiger partial charge is 0.303 e. The first kappa shape index (κ1) is 18.9. The lowest BCUT2D eigenvalue weighted by molar-refractivity contribution is -0.217. The number of carbonyl (C=O) groups excluding carboxylic acids is 2. The molecular weight excluding hydrogens is 380 g/mol. The van der Waals surface area contributed by atoms with Crippen LogP contribution in [0.1, 0.15) is 36.6 Å². The van der Waals surface area contributed by atoms with Crippen LogP contribution in [0.5, 0.6) is 0 Å². The number of carbonyl (C=O) groups is 2. The van der Waals surface area contributed by atoms with Gasteiger partial charge in [-0.15, -0.1) is 0 Å². The van der Waals surface area contributed by atoms with Gasteiger partial charge in [0.1, 0.15) is 12.2 Å². The summed E-state index contributed by atoms with van der Waals surface area (Å²) in [5.74, 6) is -1.07. The highest BCUT2D eigenvalue weighted by Crippen LogP contribution is 2.33. The van der Waals surface area contributed by atoms with Crippen molar-refractivity contribution in [2.24, 2.45) is 0 Å². The Hall–Kier alpha value is -1.44.